The van der Waals surface area contributed by atoms with Gasteiger partial charge < -0.3 is 4.74 Å². The molecule has 1 atom stereocenters. The SMILES string of the molecule is CC1(C)CCC(c2ccc(F)cc2Br)O1. The first-order valence-electron chi connectivity index (χ1n) is 5.11. The highest BCUT2D eigenvalue weighted by molar-refractivity contribution is 9.10. The first kappa shape index (κ1) is 11.1. The van der Waals surface area contributed by atoms with E-state index >= 15 is 0 Å². The van der Waals surface area contributed by atoms with Crippen LogP contribution in [0.15, 0.2) is 22.7 Å². The maximum Gasteiger partial charge on any atom is 0.124 e. The van der Waals surface area contributed by atoms with E-state index in [1.165, 1.54) is 12.1 Å². The van der Waals surface area contributed by atoms with Crippen molar-refractivity contribution in [1.29, 1.82) is 0 Å². The van der Waals surface area contributed by atoms with Gasteiger partial charge in [0.25, 0.3) is 0 Å². The van der Waals surface area contributed by atoms with Crippen molar-refractivity contribution in [2.24, 2.45) is 0 Å². The van der Waals surface area contributed by atoms with Gasteiger partial charge in [0.2, 0.25) is 0 Å². The summed E-state index contributed by atoms with van der Waals surface area (Å²) in [5.41, 5.74) is 0.986. The van der Waals surface area contributed by atoms with E-state index in [0.29, 0.717) is 0 Å². The van der Waals surface area contributed by atoms with Gasteiger partial charge in [0, 0.05) is 4.47 Å². The van der Waals surface area contributed by atoms with E-state index in [1.54, 1.807) is 6.07 Å². The molecule has 0 aromatic heterocycles. The summed E-state index contributed by atoms with van der Waals surface area (Å²) in [4.78, 5) is 0. The maximum atomic E-state index is 12.9. The van der Waals surface area contributed by atoms with Gasteiger partial charge in [-0.1, -0.05) is 22.0 Å². The molecule has 1 aromatic rings. The largest absolute Gasteiger partial charge is 0.368 e. The molecule has 1 unspecified atom stereocenters. The zero-order chi connectivity index (χ0) is 11.1. The van der Waals surface area contributed by atoms with Gasteiger partial charge in [-0.15, -0.1) is 0 Å². The second-order valence-corrected chi connectivity index (χ2v) is 5.43. The zero-order valence-electron chi connectivity index (χ0n) is 8.89. The molecule has 1 aliphatic heterocycles. The average molecular weight is 273 g/mol. The number of ether oxygens (including phenoxy) is 1. The molecule has 0 spiro atoms. The van der Waals surface area contributed by atoms with Crippen LogP contribution in [0.5, 0.6) is 0 Å². The van der Waals surface area contributed by atoms with E-state index in [4.69, 9.17) is 4.74 Å². The maximum absolute atomic E-state index is 12.9. The first-order chi connectivity index (χ1) is 6.98. The Morgan fingerprint density at radius 1 is 1.47 bits per heavy atom. The lowest BCUT2D eigenvalue weighted by molar-refractivity contribution is -0.0166. The third-order valence-electron chi connectivity index (χ3n) is 2.78. The smallest absolute Gasteiger partial charge is 0.124 e. The Hall–Kier alpha value is -0.410. The highest BCUT2D eigenvalue weighted by atomic mass is 79.9. The predicted octanol–water partition coefficient (Wildman–Crippen LogP) is 4.22. The fourth-order valence-electron chi connectivity index (χ4n) is 1.96. The van der Waals surface area contributed by atoms with Crippen LogP contribution in [0.2, 0.25) is 0 Å². The molecular formula is C12H14BrFO. The van der Waals surface area contributed by atoms with E-state index < -0.39 is 0 Å². The second kappa shape index (κ2) is 3.87. The van der Waals surface area contributed by atoms with Crippen molar-refractivity contribution >= 4 is 15.9 Å². The summed E-state index contributed by atoms with van der Waals surface area (Å²) in [7, 11) is 0. The van der Waals surface area contributed by atoms with Crippen LogP contribution in [-0.4, -0.2) is 5.60 Å². The molecule has 0 amide bonds. The first-order valence-corrected chi connectivity index (χ1v) is 5.90. The van der Waals surface area contributed by atoms with Crippen LogP contribution >= 0.6 is 15.9 Å². The molecule has 0 aliphatic carbocycles. The lowest BCUT2D eigenvalue weighted by atomic mass is 10.0. The van der Waals surface area contributed by atoms with E-state index in [0.717, 1.165) is 22.9 Å². The summed E-state index contributed by atoms with van der Waals surface area (Å²) in [5, 5.41) is 0. The van der Waals surface area contributed by atoms with Gasteiger partial charge >= 0.3 is 0 Å². The Morgan fingerprint density at radius 2 is 2.20 bits per heavy atom. The third-order valence-corrected chi connectivity index (χ3v) is 3.47. The van der Waals surface area contributed by atoms with Crippen LogP contribution < -0.4 is 0 Å². The Bertz CT molecular complexity index is 376. The molecule has 15 heavy (non-hydrogen) atoms. The number of rotatable bonds is 1. The Balaban J connectivity index is 2.24. The Labute approximate surface area is 97.8 Å². The fraction of sp³-hybridized carbons (Fsp3) is 0.500. The van der Waals surface area contributed by atoms with Crippen molar-refractivity contribution in [2.45, 2.75) is 38.4 Å². The van der Waals surface area contributed by atoms with E-state index in [-0.39, 0.29) is 17.5 Å². The van der Waals surface area contributed by atoms with Crippen LogP contribution in [0.1, 0.15) is 38.4 Å². The van der Waals surface area contributed by atoms with Gasteiger partial charge in [0.1, 0.15) is 5.82 Å². The fourth-order valence-corrected chi connectivity index (χ4v) is 2.57. The number of hydrogen-bond acceptors (Lipinski definition) is 1. The van der Waals surface area contributed by atoms with Gasteiger partial charge in [-0.05, 0) is 44.4 Å². The molecule has 3 heteroatoms. The highest BCUT2D eigenvalue weighted by Crippen LogP contribution is 2.41. The molecule has 0 radical (unpaired) electrons. The second-order valence-electron chi connectivity index (χ2n) is 4.57. The normalized spacial score (nSPS) is 24.4. The van der Waals surface area contributed by atoms with Crippen LogP contribution in [0.3, 0.4) is 0 Å². The summed E-state index contributed by atoms with van der Waals surface area (Å²) in [5.74, 6) is -0.220. The number of hydrogen-bond donors (Lipinski definition) is 0. The molecule has 0 saturated carbocycles. The Morgan fingerprint density at radius 3 is 2.73 bits per heavy atom. The highest BCUT2D eigenvalue weighted by Gasteiger charge is 2.33. The number of benzene rings is 1. The van der Waals surface area contributed by atoms with Crippen LogP contribution in [-0.2, 0) is 4.74 Å². The van der Waals surface area contributed by atoms with E-state index in [2.05, 4.69) is 29.8 Å². The quantitative estimate of drug-likeness (QED) is 0.744. The molecule has 1 aromatic carbocycles. The van der Waals surface area contributed by atoms with E-state index in [1.807, 2.05) is 0 Å². The number of halogens is 2. The summed E-state index contributed by atoms with van der Waals surface area (Å²) < 4.78 is 19.6. The third kappa shape index (κ3) is 2.40. The van der Waals surface area contributed by atoms with Crippen molar-refractivity contribution in [1.82, 2.24) is 0 Å². The molecule has 82 valence electrons. The zero-order valence-corrected chi connectivity index (χ0v) is 10.5. The predicted molar refractivity (Wildman–Crippen MR) is 61.2 cm³/mol. The lowest BCUT2D eigenvalue weighted by Gasteiger charge is -2.20. The summed E-state index contributed by atoms with van der Waals surface area (Å²) in [6.45, 7) is 4.18. The molecule has 0 N–H and O–H groups in total. The van der Waals surface area contributed by atoms with Gasteiger partial charge in [-0.3, -0.25) is 0 Å². The molecular weight excluding hydrogens is 259 g/mol. The molecule has 1 nitrogen and oxygen atoms in total. The van der Waals surface area contributed by atoms with Gasteiger partial charge in [-0.25, -0.2) is 4.39 Å². The van der Waals surface area contributed by atoms with Crippen molar-refractivity contribution in [3.8, 4) is 0 Å². The average Bonchev–Trinajstić information content (AvgIpc) is 2.46. The van der Waals surface area contributed by atoms with Crippen LogP contribution in [0.4, 0.5) is 4.39 Å². The molecule has 2 rings (SSSR count). The minimum absolute atomic E-state index is 0.0571. The summed E-state index contributed by atoms with van der Waals surface area (Å²) in [6, 6.07) is 4.77. The molecule has 0 bridgehead atoms. The lowest BCUT2D eigenvalue weighted by Crippen LogP contribution is -2.17. The van der Waals surface area contributed by atoms with Gasteiger partial charge in [0.05, 0.1) is 11.7 Å². The molecule has 1 heterocycles. The van der Waals surface area contributed by atoms with Crippen LogP contribution in [0.25, 0.3) is 0 Å². The van der Waals surface area contributed by atoms with Crippen molar-refractivity contribution in [3.05, 3.63) is 34.1 Å². The van der Waals surface area contributed by atoms with Crippen molar-refractivity contribution in [3.63, 3.8) is 0 Å². The topological polar surface area (TPSA) is 9.23 Å². The minimum Gasteiger partial charge on any atom is -0.368 e. The van der Waals surface area contributed by atoms with Crippen LogP contribution in [0, 0.1) is 5.82 Å². The Kier molecular flexibility index (Phi) is 2.86. The minimum atomic E-state index is -0.220. The van der Waals surface area contributed by atoms with Crippen molar-refractivity contribution < 1.29 is 9.13 Å². The van der Waals surface area contributed by atoms with Gasteiger partial charge in [-0.2, -0.15) is 0 Å². The van der Waals surface area contributed by atoms with Gasteiger partial charge in [0.15, 0.2) is 0 Å². The molecule has 1 aliphatic rings. The summed E-state index contributed by atoms with van der Waals surface area (Å²) in [6.07, 6.45) is 2.13. The molecule has 1 fully saturated rings. The van der Waals surface area contributed by atoms with E-state index in [9.17, 15) is 4.39 Å². The van der Waals surface area contributed by atoms with Crippen molar-refractivity contribution in [2.75, 3.05) is 0 Å². The summed E-state index contributed by atoms with van der Waals surface area (Å²) >= 11 is 3.37. The molecule has 1 saturated heterocycles. The standard InChI is InChI=1S/C12H14BrFO/c1-12(2)6-5-11(15-12)9-4-3-8(14)7-10(9)13/h3-4,7,11H,5-6H2,1-2H3. The monoisotopic (exact) mass is 272 g/mol.